The molecular formula is C20H13F2NO3. The van der Waals surface area contributed by atoms with E-state index >= 15 is 0 Å². The quantitative estimate of drug-likeness (QED) is 0.721. The Morgan fingerprint density at radius 1 is 0.808 bits per heavy atom. The number of amides is 1. The van der Waals surface area contributed by atoms with E-state index in [1.54, 1.807) is 42.5 Å². The largest absolute Gasteiger partial charge is 0.478 e. The molecule has 0 heterocycles. The molecule has 0 bridgehead atoms. The zero-order valence-corrected chi connectivity index (χ0v) is 13.4. The van der Waals surface area contributed by atoms with Crippen LogP contribution in [0.25, 0.3) is 11.1 Å². The van der Waals surface area contributed by atoms with E-state index in [2.05, 4.69) is 5.32 Å². The van der Waals surface area contributed by atoms with E-state index in [9.17, 15) is 23.5 Å². The third-order valence-electron chi connectivity index (χ3n) is 3.81. The number of carboxylic acid groups (broad SMARTS) is 1. The number of hydrogen-bond acceptors (Lipinski definition) is 2. The van der Waals surface area contributed by atoms with Gasteiger partial charge in [-0.15, -0.1) is 0 Å². The number of aromatic carboxylic acids is 1. The van der Waals surface area contributed by atoms with Crippen molar-refractivity contribution in [1.29, 1.82) is 0 Å². The molecule has 0 fully saturated rings. The summed E-state index contributed by atoms with van der Waals surface area (Å²) in [5.41, 5.74) is 1.32. The molecule has 1 amide bonds. The van der Waals surface area contributed by atoms with Gasteiger partial charge in [-0.25, -0.2) is 13.6 Å². The monoisotopic (exact) mass is 353 g/mol. The number of carbonyl (C=O) groups excluding carboxylic acids is 1. The van der Waals surface area contributed by atoms with Crippen molar-refractivity contribution in [3.05, 3.63) is 89.5 Å². The van der Waals surface area contributed by atoms with Crippen LogP contribution < -0.4 is 5.32 Å². The molecule has 0 saturated carbocycles. The van der Waals surface area contributed by atoms with Gasteiger partial charge in [-0.2, -0.15) is 0 Å². The SMILES string of the molecule is O=C(O)c1ccccc1-c1ccc(NC(=O)c2cccc(F)c2F)cc1. The molecule has 3 rings (SSSR count). The molecule has 6 heteroatoms. The van der Waals surface area contributed by atoms with Gasteiger partial charge in [0.25, 0.3) is 5.91 Å². The molecule has 0 aliphatic carbocycles. The lowest BCUT2D eigenvalue weighted by Gasteiger charge is -2.09. The second-order valence-electron chi connectivity index (χ2n) is 5.48. The lowest BCUT2D eigenvalue weighted by molar-refractivity contribution is 0.0697. The first-order valence-electron chi connectivity index (χ1n) is 7.65. The van der Waals surface area contributed by atoms with Gasteiger partial charge in [0, 0.05) is 5.69 Å². The summed E-state index contributed by atoms with van der Waals surface area (Å²) in [6.07, 6.45) is 0. The van der Waals surface area contributed by atoms with E-state index in [-0.39, 0.29) is 5.56 Å². The van der Waals surface area contributed by atoms with Crippen LogP contribution in [0.4, 0.5) is 14.5 Å². The fourth-order valence-corrected chi connectivity index (χ4v) is 2.53. The van der Waals surface area contributed by atoms with Gasteiger partial charge in [0.15, 0.2) is 11.6 Å². The summed E-state index contributed by atoms with van der Waals surface area (Å²) in [5.74, 6) is -4.13. The molecule has 0 unspecified atom stereocenters. The van der Waals surface area contributed by atoms with Crippen molar-refractivity contribution in [2.45, 2.75) is 0 Å². The third kappa shape index (κ3) is 3.44. The fourth-order valence-electron chi connectivity index (χ4n) is 2.53. The van der Waals surface area contributed by atoms with Crippen molar-refractivity contribution >= 4 is 17.6 Å². The van der Waals surface area contributed by atoms with Crippen LogP contribution in [0.15, 0.2) is 66.7 Å². The highest BCUT2D eigenvalue weighted by Crippen LogP contribution is 2.25. The lowest BCUT2D eigenvalue weighted by Crippen LogP contribution is -2.14. The Morgan fingerprint density at radius 2 is 1.46 bits per heavy atom. The first-order valence-corrected chi connectivity index (χ1v) is 7.65. The van der Waals surface area contributed by atoms with Crippen LogP contribution in [0.1, 0.15) is 20.7 Å². The van der Waals surface area contributed by atoms with E-state index in [0.29, 0.717) is 16.8 Å². The molecule has 3 aromatic rings. The number of carboxylic acids is 1. The second kappa shape index (κ2) is 7.14. The second-order valence-corrected chi connectivity index (χ2v) is 5.48. The Bertz CT molecular complexity index is 985. The summed E-state index contributed by atoms with van der Waals surface area (Å²) in [4.78, 5) is 23.4. The summed E-state index contributed by atoms with van der Waals surface area (Å²) in [6.45, 7) is 0. The third-order valence-corrected chi connectivity index (χ3v) is 3.81. The molecule has 0 saturated heterocycles. The van der Waals surface area contributed by atoms with Gasteiger partial charge in [0.1, 0.15) is 0 Å². The fraction of sp³-hybridized carbons (Fsp3) is 0. The van der Waals surface area contributed by atoms with Crippen LogP contribution in [0.3, 0.4) is 0 Å². The minimum atomic E-state index is -1.21. The van der Waals surface area contributed by atoms with E-state index in [4.69, 9.17) is 0 Å². The highest BCUT2D eigenvalue weighted by atomic mass is 19.2. The number of nitrogens with one attached hydrogen (secondary N) is 1. The Balaban J connectivity index is 1.84. The number of carbonyl (C=O) groups is 2. The van der Waals surface area contributed by atoms with Crippen molar-refractivity contribution in [1.82, 2.24) is 0 Å². The molecule has 130 valence electrons. The molecule has 0 aliphatic rings. The van der Waals surface area contributed by atoms with Crippen molar-refractivity contribution in [2.75, 3.05) is 5.32 Å². The molecule has 0 aliphatic heterocycles. The van der Waals surface area contributed by atoms with Crippen molar-refractivity contribution in [3.8, 4) is 11.1 Å². The van der Waals surface area contributed by atoms with Gasteiger partial charge in [-0.3, -0.25) is 4.79 Å². The predicted molar refractivity (Wildman–Crippen MR) is 93.1 cm³/mol. The maximum atomic E-state index is 13.7. The lowest BCUT2D eigenvalue weighted by atomic mass is 9.99. The Labute approximate surface area is 147 Å². The minimum absolute atomic E-state index is 0.158. The highest BCUT2D eigenvalue weighted by Gasteiger charge is 2.15. The highest BCUT2D eigenvalue weighted by molar-refractivity contribution is 6.04. The maximum absolute atomic E-state index is 13.7. The first-order chi connectivity index (χ1) is 12.5. The van der Waals surface area contributed by atoms with E-state index in [1.807, 2.05) is 0 Å². The smallest absolute Gasteiger partial charge is 0.336 e. The van der Waals surface area contributed by atoms with E-state index in [1.165, 1.54) is 18.2 Å². The normalized spacial score (nSPS) is 10.4. The number of halogens is 2. The van der Waals surface area contributed by atoms with E-state index in [0.717, 1.165) is 6.07 Å². The van der Waals surface area contributed by atoms with Gasteiger partial charge >= 0.3 is 5.97 Å². The molecular weight excluding hydrogens is 340 g/mol. The van der Waals surface area contributed by atoms with Crippen LogP contribution in [0.2, 0.25) is 0 Å². The summed E-state index contributed by atoms with van der Waals surface area (Å²) in [7, 11) is 0. The number of hydrogen-bond donors (Lipinski definition) is 2. The Kier molecular flexibility index (Phi) is 4.75. The van der Waals surface area contributed by atoms with Crippen LogP contribution >= 0.6 is 0 Å². The van der Waals surface area contributed by atoms with Gasteiger partial charge < -0.3 is 10.4 Å². The summed E-state index contributed by atoms with van der Waals surface area (Å²) < 4.78 is 26.9. The molecule has 2 N–H and O–H groups in total. The van der Waals surface area contributed by atoms with Crippen molar-refractivity contribution in [3.63, 3.8) is 0 Å². The van der Waals surface area contributed by atoms with Crippen LogP contribution in [0.5, 0.6) is 0 Å². The van der Waals surface area contributed by atoms with Gasteiger partial charge in [0.2, 0.25) is 0 Å². The molecule has 26 heavy (non-hydrogen) atoms. The number of rotatable bonds is 4. The van der Waals surface area contributed by atoms with Gasteiger partial charge in [-0.1, -0.05) is 36.4 Å². The predicted octanol–water partition coefficient (Wildman–Crippen LogP) is 4.58. The van der Waals surface area contributed by atoms with Gasteiger partial charge in [-0.05, 0) is 41.5 Å². The topological polar surface area (TPSA) is 66.4 Å². The summed E-state index contributed by atoms with van der Waals surface area (Å²) in [6, 6.07) is 16.3. The van der Waals surface area contributed by atoms with Crippen molar-refractivity contribution in [2.24, 2.45) is 0 Å². The first kappa shape index (κ1) is 17.3. The minimum Gasteiger partial charge on any atom is -0.478 e. The molecule has 3 aromatic carbocycles. The zero-order valence-electron chi connectivity index (χ0n) is 13.4. The standard InChI is InChI=1S/C20H13F2NO3/c21-17-7-3-6-16(18(17)22)19(24)23-13-10-8-12(9-11-13)14-4-1-2-5-15(14)20(25)26/h1-11H,(H,23,24)(H,25,26). The van der Waals surface area contributed by atoms with Crippen molar-refractivity contribution < 1.29 is 23.5 Å². The Morgan fingerprint density at radius 3 is 2.15 bits per heavy atom. The molecule has 0 aromatic heterocycles. The van der Waals surface area contributed by atoms with Crippen LogP contribution in [-0.2, 0) is 0 Å². The zero-order chi connectivity index (χ0) is 18.7. The average Bonchev–Trinajstić information content (AvgIpc) is 2.64. The molecule has 4 nitrogen and oxygen atoms in total. The molecule has 0 atom stereocenters. The average molecular weight is 353 g/mol. The Hall–Kier alpha value is -3.54. The number of benzene rings is 3. The van der Waals surface area contributed by atoms with Gasteiger partial charge in [0.05, 0.1) is 11.1 Å². The number of anilines is 1. The van der Waals surface area contributed by atoms with Crippen LogP contribution in [0, 0.1) is 11.6 Å². The molecule has 0 spiro atoms. The maximum Gasteiger partial charge on any atom is 0.336 e. The summed E-state index contributed by atoms with van der Waals surface area (Å²) >= 11 is 0. The molecule has 0 radical (unpaired) electrons. The van der Waals surface area contributed by atoms with E-state index < -0.39 is 29.1 Å². The summed E-state index contributed by atoms with van der Waals surface area (Å²) in [5, 5.41) is 11.7. The van der Waals surface area contributed by atoms with Crippen LogP contribution in [-0.4, -0.2) is 17.0 Å².